The quantitative estimate of drug-likeness (QED) is 0.519. The lowest BCUT2D eigenvalue weighted by atomic mass is 10.1. The van der Waals surface area contributed by atoms with E-state index in [9.17, 15) is 4.79 Å². The predicted molar refractivity (Wildman–Crippen MR) is 117 cm³/mol. The average Bonchev–Trinajstić information content (AvgIpc) is 3.16. The minimum Gasteiger partial charge on any atom is -0.451 e. The number of aromatic nitrogens is 2. The second-order valence-corrected chi connectivity index (χ2v) is 7.46. The van der Waals surface area contributed by atoms with Crippen LogP contribution in [0.25, 0.3) is 22.2 Å². The van der Waals surface area contributed by atoms with E-state index in [1.54, 1.807) is 6.33 Å². The summed E-state index contributed by atoms with van der Waals surface area (Å²) >= 11 is 0. The lowest BCUT2D eigenvalue weighted by molar-refractivity contribution is 0.0716. The molecule has 6 nitrogen and oxygen atoms in total. The smallest absolute Gasteiger partial charge is 0.290 e. The van der Waals surface area contributed by atoms with E-state index in [0.29, 0.717) is 18.8 Å². The Balaban J connectivity index is 1.31. The van der Waals surface area contributed by atoms with Crippen molar-refractivity contribution in [3.63, 3.8) is 0 Å². The van der Waals surface area contributed by atoms with Gasteiger partial charge in [-0.2, -0.15) is 0 Å². The van der Waals surface area contributed by atoms with Gasteiger partial charge in [-0.1, -0.05) is 48.5 Å². The second kappa shape index (κ2) is 7.63. The average molecular weight is 398 g/mol. The minimum atomic E-state index is -0.0454. The molecule has 2 aromatic carbocycles. The fourth-order valence-electron chi connectivity index (χ4n) is 3.95. The molecule has 1 fully saturated rings. The highest BCUT2D eigenvalue weighted by atomic mass is 16.3. The summed E-state index contributed by atoms with van der Waals surface area (Å²) in [7, 11) is 0. The molecule has 150 valence electrons. The third kappa shape index (κ3) is 3.30. The molecular formula is C24H22N4O2. The lowest BCUT2D eigenvalue weighted by Crippen LogP contribution is -2.49. The van der Waals surface area contributed by atoms with Crippen LogP contribution in [0.3, 0.4) is 0 Å². The van der Waals surface area contributed by atoms with Crippen molar-refractivity contribution in [2.45, 2.75) is 6.92 Å². The topological polar surface area (TPSA) is 62.5 Å². The number of piperazine rings is 1. The number of carbonyl (C=O) groups excluding carboxylic acids is 1. The molecule has 4 aromatic rings. The van der Waals surface area contributed by atoms with Crippen molar-refractivity contribution in [2.24, 2.45) is 0 Å². The van der Waals surface area contributed by atoms with E-state index in [-0.39, 0.29) is 5.91 Å². The molecule has 3 heterocycles. The SMILES string of the molecule is Cc1c(C(=O)N2CCN(c3cc(-c4ccccc4)ncn3)CC2)oc2ccccc12. The number of nitrogens with zero attached hydrogens (tertiary/aromatic N) is 4. The van der Waals surface area contributed by atoms with Gasteiger partial charge in [0.2, 0.25) is 0 Å². The monoisotopic (exact) mass is 398 g/mol. The molecule has 0 radical (unpaired) electrons. The van der Waals surface area contributed by atoms with Gasteiger partial charge in [-0.25, -0.2) is 9.97 Å². The zero-order valence-corrected chi connectivity index (χ0v) is 16.8. The molecule has 0 bridgehead atoms. The van der Waals surface area contributed by atoms with E-state index < -0.39 is 0 Å². The maximum atomic E-state index is 13.1. The molecule has 0 unspecified atom stereocenters. The Morgan fingerprint density at radius 2 is 1.67 bits per heavy atom. The Labute approximate surface area is 174 Å². The van der Waals surface area contributed by atoms with Crippen LogP contribution in [0.4, 0.5) is 5.82 Å². The van der Waals surface area contributed by atoms with Crippen LogP contribution < -0.4 is 4.90 Å². The number of furan rings is 1. The number of benzene rings is 2. The standard InChI is InChI=1S/C24H22N4O2/c1-17-19-9-5-6-10-21(19)30-23(17)24(29)28-13-11-27(12-14-28)22-15-20(25-16-26-22)18-7-3-2-4-8-18/h2-10,15-16H,11-14H2,1H3. The van der Waals surface area contributed by atoms with Gasteiger partial charge in [0.05, 0.1) is 5.69 Å². The Morgan fingerprint density at radius 1 is 0.933 bits per heavy atom. The molecule has 0 aliphatic carbocycles. The van der Waals surface area contributed by atoms with Gasteiger partial charge in [-0.3, -0.25) is 4.79 Å². The number of anilines is 1. The van der Waals surface area contributed by atoms with Crippen LogP contribution in [-0.2, 0) is 0 Å². The number of para-hydroxylation sites is 1. The third-order valence-electron chi connectivity index (χ3n) is 5.65. The van der Waals surface area contributed by atoms with Gasteiger partial charge in [0.25, 0.3) is 5.91 Å². The molecule has 0 atom stereocenters. The first-order valence-corrected chi connectivity index (χ1v) is 10.1. The summed E-state index contributed by atoms with van der Waals surface area (Å²) in [5, 5.41) is 0.994. The zero-order chi connectivity index (χ0) is 20.5. The number of rotatable bonds is 3. The van der Waals surface area contributed by atoms with Gasteiger partial charge in [-0.05, 0) is 13.0 Å². The van der Waals surface area contributed by atoms with E-state index in [4.69, 9.17) is 4.42 Å². The van der Waals surface area contributed by atoms with Crippen molar-refractivity contribution in [1.82, 2.24) is 14.9 Å². The van der Waals surface area contributed by atoms with Crippen molar-refractivity contribution in [3.05, 3.63) is 78.3 Å². The molecule has 5 rings (SSSR count). The molecule has 30 heavy (non-hydrogen) atoms. The molecule has 0 spiro atoms. The lowest BCUT2D eigenvalue weighted by Gasteiger charge is -2.35. The van der Waals surface area contributed by atoms with Crippen LogP contribution >= 0.6 is 0 Å². The van der Waals surface area contributed by atoms with Crippen molar-refractivity contribution in [2.75, 3.05) is 31.1 Å². The minimum absolute atomic E-state index is 0.0454. The molecular weight excluding hydrogens is 376 g/mol. The molecule has 0 N–H and O–H groups in total. The van der Waals surface area contributed by atoms with Gasteiger partial charge >= 0.3 is 0 Å². The second-order valence-electron chi connectivity index (χ2n) is 7.46. The van der Waals surface area contributed by atoms with Gasteiger partial charge in [0.1, 0.15) is 17.7 Å². The van der Waals surface area contributed by atoms with Gasteiger partial charge in [-0.15, -0.1) is 0 Å². The van der Waals surface area contributed by atoms with E-state index in [1.165, 1.54) is 0 Å². The van der Waals surface area contributed by atoms with Crippen LogP contribution in [0.1, 0.15) is 16.1 Å². The zero-order valence-electron chi connectivity index (χ0n) is 16.8. The number of aryl methyl sites for hydroxylation is 1. The molecule has 1 aliphatic heterocycles. The highest BCUT2D eigenvalue weighted by Crippen LogP contribution is 2.27. The Bertz CT molecular complexity index is 1190. The molecule has 1 amide bonds. The van der Waals surface area contributed by atoms with E-state index >= 15 is 0 Å². The van der Waals surface area contributed by atoms with Crippen LogP contribution in [0.15, 0.2) is 71.4 Å². The van der Waals surface area contributed by atoms with Crippen LogP contribution in [0.2, 0.25) is 0 Å². The normalized spacial score (nSPS) is 14.3. The fraction of sp³-hybridized carbons (Fsp3) is 0.208. The maximum absolute atomic E-state index is 13.1. The van der Waals surface area contributed by atoms with Crippen LogP contribution in [-0.4, -0.2) is 47.0 Å². The Morgan fingerprint density at radius 3 is 2.43 bits per heavy atom. The van der Waals surface area contributed by atoms with Crippen molar-refractivity contribution < 1.29 is 9.21 Å². The highest BCUT2D eigenvalue weighted by molar-refractivity contribution is 5.99. The summed E-state index contributed by atoms with van der Waals surface area (Å²) in [5.41, 5.74) is 3.63. The molecule has 1 saturated heterocycles. The number of hydrogen-bond donors (Lipinski definition) is 0. The summed E-state index contributed by atoms with van der Waals surface area (Å²) < 4.78 is 5.86. The summed E-state index contributed by atoms with van der Waals surface area (Å²) in [6.07, 6.45) is 1.60. The highest BCUT2D eigenvalue weighted by Gasteiger charge is 2.27. The van der Waals surface area contributed by atoms with Crippen LogP contribution in [0, 0.1) is 6.92 Å². The molecule has 0 saturated carbocycles. The van der Waals surface area contributed by atoms with Gasteiger partial charge < -0.3 is 14.2 Å². The van der Waals surface area contributed by atoms with E-state index in [2.05, 4.69) is 14.9 Å². The summed E-state index contributed by atoms with van der Waals surface area (Å²) in [4.78, 5) is 26.0. The Kier molecular flexibility index (Phi) is 4.67. The van der Waals surface area contributed by atoms with Crippen molar-refractivity contribution in [1.29, 1.82) is 0 Å². The molecule has 1 aliphatic rings. The summed E-state index contributed by atoms with van der Waals surface area (Å²) in [5.74, 6) is 1.28. The van der Waals surface area contributed by atoms with Gasteiger partial charge in [0.15, 0.2) is 5.76 Å². The first kappa shape index (κ1) is 18.4. The number of carbonyl (C=O) groups is 1. The van der Waals surface area contributed by atoms with E-state index in [1.807, 2.05) is 72.5 Å². The molecule has 2 aromatic heterocycles. The van der Waals surface area contributed by atoms with E-state index in [0.717, 1.165) is 46.7 Å². The van der Waals surface area contributed by atoms with Crippen molar-refractivity contribution in [3.8, 4) is 11.3 Å². The van der Waals surface area contributed by atoms with Gasteiger partial charge in [0, 0.05) is 48.8 Å². The first-order valence-electron chi connectivity index (χ1n) is 10.1. The summed E-state index contributed by atoms with van der Waals surface area (Å²) in [6, 6.07) is 19.9. The van der Waals surface area contributed by atoms with Crippen LogP contribution in [0.5, 0.6) is 0 Å². The number of amides is 1. The fourth-order valence-corrected chi connectivity index (χ4v) is 3.95. The Hall–Kier alpha value is -3.67. The maximum Gasteiger partial charge on any atom is 0.290 e. The third-order valence-corrected chi connectivity index (χ3v) is 5.65. The summed E-state index contributed by atoms with van der Waals surface area (Å²) in [6.45, 7) is 4.63. The van der Waals surface area contributed by atoms with Crippen molar-refractivity contribution >= 4 is 22.7 Å². The number of fused-ring (bicyclic) bond motifs is 1. The predicted octanol–water partition coefficient (Wildman–Crippen LogP) is 4.16. The first-order chi connectivity index (χ1) is 14.7. The number of hydrogen-bond acceptors (Lipinski definition) is 5. The largest absolute Gasteiger partial charge is 0.451 e. The molecule has 6 heteroatoms.